The van der Waals surface area contributed by atoms with Crippen LogP contribution in [-0.4, -0.2) is 31.3 Å². The first-order valence-corrected chi connectivity index (χ1v) is 6.22. The van der Waals surface area contributed by atoms with Crippen LogP contribution in [0.25, 0.3) is 0 Å². The largest absolute Gasteiger partial charge is 0.378 e. The molecule has 0 aromatic carbocycles. The molecule has 2 rings (SSSR count). The number of hydrogen-bond acceptors (Lipinski definition) is 4. The molecule has 1 aliphatic heterocycles. The molecule has 2 heterocycles. The SMILES string of the molecule is C#CC(C)(C)c1cnc(N2CCOCC2)s1. The van der Waals surface area contributed by atoms with Crippen LogP contribution in [0, 0.1) is 12.3 Å². The van der Waals surface area contributed by atoms with Crippen LogP contribution in [0.5, 0.6) is 0 Å². The highest BCUT2D eigenvalue weighted by Gasteiger charge is 2.22. The standard InChI is InChI=1S/C12H16N2OS/c1-4-12(2,3)10-9-13-11(16-10)14-5-7-15-8-6-14/h1,9H,5-8H2,2-3H3. The first kappa shape index (κ1) is 11.4. The van der Waals surface area contributed by atoms with E-state index in [-0.39, 0.29) is 5.41 Å². The van der Waals surface area contributed by atoms with Crippen LogP contribution in [0.15, 0.2) is 6.20 Å². The molecule has 1 aromatic rings. The van der Waals surface area contributed by atoms with Gasteiger partial charge in [0.2, 0.25) is 0 Å². The molecule has 16 heavy (non-hydrogen) atoms. The topological polar surface area (TPSA) is 25.4 Å². The van der Waals surface area contributed by atoms with Crippen molar-refractivity contribution in [2.45, 2.75) is 19.3 Å². The van der Waals surface area contributed by atoms with E-state index < -0.39 is 0 Å². The van der Waals surface area contributed by atoms with E-state index in [2.05, 4.69) is 15.8 Å². The Bertz CT molecular complexity index is 399. The van der Waals surface area contributed by atoms with Gasteiger partial charge < -0.3 is 9.64 Å². The minimum absolute atomic E-state index is 0.220. The van der Waals surface area contributed by atoms with Gasteiger partial charge in [0, 0.05) is 24.2 Å². The van der Waals surface area contributed by atoms with E-state index in [9.17, 15) is 0 Å². The van der Waals surface area contributed by atoms with E-state index in [0.29, 0.717) is 0 Å². The molecule has 3 nitrogen and oxygen atoms in total. The lowest BCUT2D eigenvalue weighted by Crippen LogP contribution is -2.36. The predicted molar refractivity (Wildman–Crippen MR) is 67.0 cm³/mol. The number of morpholine rings is 1. The maximum atomic E-state index is 5.52. The molecule has 0 amide bonds. The molecule has 4 heteroatoms. The Hall–Kier alpha value is -1.05. The van der Waals surface area contributed by atoms with Gasteiger partial charge in [-0.3, -0.25) is 0 Å². The summed E-state index contributed by atoms with van der Waals surface area (Å²) in [5.74, 6) is 2.80. The number of anilines is 1. The number of nitrogens with zero attached hydrogens (tertiary/aromatic N) is 2. The van der Waals surface area contributed by atoms with Crippen molar-refractivity contribution < 1.29 is 4.74 Å². The Balaban J connectivity index is 2.16. The highest BCUT2D eigenvalue weighted by atomic mass is 32.1. The molecule has 1 saturated heterocycles. The summed E-state index contributed by atoms with van der Waals surface area (Å²) >= 11 is 1.69. The van der Waals surface area contributed by atoms with Crippen LogP contribution in [0.2, 0.25) is 0 Å². The van der Waals surface area contributed by atoms with E-state index in [1.54, 1.807) is 11.3 Å². The summed E-state index contributed by atoms with van der Waals surface area (Å²) in [5.41, 5.74) is -0.220. The number of hydrogen-bond donors (Lipinski definition) is 0. The molecule has 86 valence electrons. The van der Waals surface area contributed by atoms with Gasteiger partial charge in [0.05, 0.1) is 18.6 Å². The Labute approximate surface area is 100 Å². The monoisotopic (exact) mass is 236 g/mol. The second-order valence-electron chi connectivity index (χ2n) is 4.38. The highest BCUT2D eigenvalue weighted by molar-refractivity contribution is 7.15. The van der Waals surface area contributed by atoms with Crippen molar-refractivity contribution in [1.82, 2.24) is 4.98 Å². The van der Waals surface area contributed by atoms with Crippen LogP contribution in [0.3, 0.4) is 0 Å². The number of aromatic nitrogens is 1. The Kier molecular flexibility index (Phi) is 3.17. The second kappa shape index (κ2) is 4.44. The van der Waals surface area contributed by atoms with Crippen LogP contribution in [0.4, 0.5) is 5.13 Å². The van der Waals surface area contributed by atoms with Crippen molar-refractivity contribution in [3.05, 3.63) is 11.1 Å². The first-order valence-electron chi connectivity index (χ1n) is 5.40. The Morgan fingerprint density at radius 3 is 2.81 bits per heavy atom. The summed E-state index contributed by atoms with van der Waals surface area (Å²) in [6, 6.07) is 0. The van der Waals surface area contributed by atoms with E-state index in [1.807, 2.05) is 20.0 Å². The number of thiazole rings is 1. The van der Waals surface area contributed by atoms with Gasteiger partial charge in [0.15, 0.2) is 5.13 Å². The lowest BCUT2D eigenvalue weighted by molar-refractivity contribution is 0.122. The van der Waals surface area contributed by atoms with Crippen molar-refractivity contribution in [2.75, 3.05) is 31.2 Å². The number of rotatable bonds is 2. The van der Waals surface area contributed by atoms with Crippen LogP contribution >= 0.6 is 11.3 Å². The zero-order valence-electron chi connectivity index (χ0n) is 9.69. The second-order valence-corrected chi connectivity index (χ2v) is 5.38. The molecule has 1 aliphatic rings. The van der Waals surface area contributed by atoms with Gasteiger partial charge >= 0.3 is 0 Å². The molecule has 0 saturated carbocycles. The quantitative estimate of drug-likeness (QED) is 0.733. The molecule has 1 fully saturated rings. The summed E-state index contributed by atoms with van der Waals surface area (Å²) in [6.45, 7) is 7.50. The van der Waals surface area contributed by atoms with Crippen molar-refractivity contribution in [3.8, 4) is 12.3 Å². The zero-order valence-corrected chi connectivity index (χ0v) is 10.5. The van der Waals surface area contributed by atoms with Crippen LogP contribution in [-0.2, 0) is 10.2 Å². The smallest absolute Gasteiger partial charge is 0.185 e. The van der Waals surface area contributed by atoms with Crippen molar-refractivity contribution in [3.63, 3.8) is 0 Å². The van der Waals surface area contributed by atoms with Crippen molar-refractivity contribution >= 4 is 16.5 Å². The highest BCUT2D eigenvalue weighted by Crippen LogP contribution is 2.32. The Morgan fingerprint density at radius 1 is 1.50 bits per heavy atom. The third kappa shape index (κ3) is 2.21. The fraction of sp³-hybridized carbons (Fsp3) is 0.583. The van der Waals surface area contributed by atoms with Crippen molar-refractivity contribution in [1.29, 1.82) is 0 Å². The average Bonchev–Trinajstić information content (AvgIpc) is 2.80. The van der Waals surface area contributed by atoms with E-state index >= 15 is 0 Å². The van der Waals surface area contributed by atoms with Gasteiger partial charge in [-0.25, -0.2) is 4.98 Å². The van der Waals surface area contributed by atoms with Gasteiger partial charge in [-0.2, -0.15) is 0 Å². The Morgan fingerprint density at radius 2 is 2.19 bits per heavy atom. The molecular formula is C12H16N2OS. The van der Waals surface area contributed by atoms with Gasteiger partial charge in [0.1, 0.15) is 0 Å². The van der Waals surface area contributed by atoms with E-state index in [0.717, 1.165) is 36.3 Å². The maximum absolute atomic E-state index is 5.52. The maximum Gasteiger partial charge on any atom is 0.185 e. The van der Waals surface area contributed by atoms with Crippen LogP contribution in [0.1, 0.15) is 18.7 Å². The zero-order chi connectivity index (χ0) is 11.6. The molecular weight excluding hydrogens is 220 g/mol. The van der Waals surface area contributed by atoms with Gasteiger partial charge in [-0.15, -0.1) is 17.8 Å². The molecule has 0 bridgehead atoms. The first-order chi connectivity index (χ1) is 7.63. The molecule has 0 unspecified atom stereocenters. The molecule has 0 atom stereocenters. The lowest BCUT2D eigenvalue weighted by Gasteiger charge is -2.26. The molecule has 0 N–H and O–H groups in total. The predicted octanol–water partition coefficient (Wildman–Crippen LogP) is 1.89. The summed E-state index contributed by atoms with van der Waals surface area (Å²) in [4.78, 5) is 7.85. The normalized spacial score (nSPS) is 17.2. The molecule has 1 aromatic heterocycles. The molecule has 0 spiro atoms. The minimum Gasteiger partial charge on any atom is -0.378 e. The minimum atomic E-state index is -0.220. The van der Waals surface area contributed by atoms with Crippen molar-refractivity contribution in [2.24, 2.45) is 0 Å². The summed E-state index contributed by atoms with van der Waals surface area (Å²) in [6.07, 6.45) is 7.42. The van der Waals surface area contributed by atoms with Gasteiger partial charge in [-0.05, 0) is 13.8 Å². The van der Waals surface area contributed by atoms with E-state index in [4.69, 9.17) is 11.2 Å². The van der Waals surface area contributed by atoms with Crippen LogP contribution < -0.4 is 4.90 Å². The summed E-state index contributed by atoms with van der Waals surface area (Å²) in [5, 5.41) is 1.06. The third-order valence-electron chi connectivity index (χ3n) is 2.75. The molecule has 0 aliphatic carbocycles. The molecule has 0 radical (unpaired) electrons. The fourth-order valence-electron chi connectivity index (χ4n) is 1.53. The summed E-state index contributed by atoms with van der Waals surface area (Å²) in [7, 11) is 0. The van der Waals surface area contributed by atoms with Gasteiger partial charge in [-0.1, -0.05) is 5.92 Å². The number of ether oxygens (including phenoxy) is 1. The third-order valence-corrected chi connectivity index (χ3v) is 4.13. The van der Waals surface area contributed by atoms with E-state index in [1.165, 1.54) is 0 Å². The van der Waals surface area contributed by atoms with Gasteiger partial charge in [0.25, 0.3) is 0 Å². The average molecular weight is 236 g/mol. The number of terminal acetylenes is 1. The lowest BCUT2D eigenvalue weighted by atomic mass is 9.94. The fourth-order valence-corrected chi connectivity index (χ4v) is 2.56. The summed E-state index contributed by atoms with van der Waals surface area (Å²) < 4.78 is 5.32.